The minimum atomic E-state index is -2.59. The van der Waals surface area contributed by atoms with Gasteiger partial charge in [-0.1, -0.05) is 6.42 Å². The van der Waals surface area contributed by atoms with E-state index in [1.165, 1.54) is 0 Å². The zero-order valence-electron chi connectivity index (χ0n) is 7.56. The molecule has 2 aliphatic carbocycles. The third kappa shape index (κ3) is 1.38. The summed E-state index contributed by atoms with van der Waals surface area (Å²) >= 11 is 0. The van der Waals surface area contributed by atoms with Crippen LogP contribution in [0, 0.1) is 11.3 Å². The molecule has 1 nitrogen and oxygen atoms in total. The van der Waals surface area contributed by atoms with Crippen molar-refractivity contribution >= 4 is 6.29 Å². The Morgan fingerprint density at radius 2 is 1.92 bits per heavy atom. The normalized spacial score (nSPS) is 38.6. The van der Waals surface area contributed by atoms with E-state index in [0.29, 0.717) is 6.42 Å². The summed E-state index contributed by atoms with van der Waals surface area (Å²) in [7, 11) is 0. The van der Waals surface area contributed by atoms with Gasteiger partial charge in [0.15, 0.2) is 0 Å². The van der Waals surface area contributed by atoms with Crippen molar-refractivity contribution in [2.45, 2.75) is 44.4 Å². The van der Waals surface area contributed by atoms with Crippen LogP contribution in [0.1, 0.15) is 38.5 Å². The molecule has 0 bridgehead atoms. The van der Waals surface area contributed by atoms with Gasteiger partial charge in [0.2, 0.25) is 5.92 Å². The third-order valence-electron chi connectivity index (χ3n) is 3.70. The molecule has 2 saturated carbocycles. The lowest BCUT2D eigenvalue weighted by atomic mass is 9.65. The monoisotopic (exact) mass is 188 g/mol. The van der Waals surface area contributed by atoms with Gasteiger partial charge in [0.05, 0.1) is 0 Å². The van der Waals surface area contributed by atoms with Crippen LogP contribution < -0.4 is 0 Å². The van der Waals surface area contributed by atoms with Crippen molar-refractivity contribution in [2.75, 3.05) is 0 Å². The van der Waals surface area contributed by atoms with Crippen LogP contribution in [0.15, 0.2) is 0 Å². The van der Waals surface area contributed by atoms with Crippen LogP contribution >= 0.6 is 0 Å². The minimum Gasteiger partial charge on any atom is -0.303 e. The average molecular weight is 188 g/mol. The van der Waals surface area contributed by atoms with E-state index >= 15 is 0 Å². The SMILES string of the molecule is O=CC1(C2CCC2)CCC(F)(F)C1. The molecule has 0 heterocycles. The van der Waals surface area contributed by atoms with E-state index in [-0.39, 0.29) is 18.8 Å². The third-order valence-corrected chi connectivity index (χ3v) is 3.70. The Bertz CT molecular complexity index is 223. The van der Waals surface area contributed by atoms with Crippen molar-refractivity contribution in [1.82, 2.24) is 0 Å². The molecule has 0 radical (unpaired) electrons. The topological polar surface area (TPSA) is 17.1 Å². The number of carbonyl (C=O) groups excluding carboxylic acids is 1. The lowest BCUT2D eigenvalue weighted by Crippen LogP contribution is -2.35. The van der Waals surface area contributed by atoms with Gasteiger partial charge in [0.1, 0.15) is 6.29 Å². The fraction of sp³-hybridized carbons (Fsp3) is 0.900. The Balaban J connectivity index is 2.13. The maximum absolute atomic E-state index is 13.0. The van der Waals surface area contributed by atoms with Crippen LogP contribution in [0.25, 0.3) is 0 Å². The van der Waals surface area contributed by atoms with Gasteiger partial charge in [-0.15, -0.1) is 0 Å². The lowest BCUT2D eigenvalue weighted by Gasteiger charge is -2.38. The Morgan fingerprint density at radius 3 is 2.23 bits per heavy atom. The molecule has 3 heteroatoms. The molecule has 0 aromatic heterocycles. The highest BCUT2D eigenvalue weighted by molar-refractivity contribution is 5.61. The van der Waals surface area contributed by atoms with E-state index in [1.807, 2.05) is 0 Å². The molecule has 0 aromatic carbocycles. The summed E-state index contributed by atoms with van der Waals surface area (Å²) in [6.45, 7) is 0. The molecule has 74 valence electrons. The molecule has 0 aliphatic heterocycles. The molecule has 0 amide bonds. The van der Waals surface area contributed by atoms with Gasteiger partial charge in [-0.05, 0) is 25.2 Å². The van der Waals surface area contributed by atoms with Gasteiger partial charge in [0.25, 0.3) is 0 Å². The van der Waals surface area contributed by atoms with Gasteiger partial charge < -0.3 is 4.79 Å². The molecular weight excluding hydrogens is 174 g/mol. The van der Waals surface area contributed by atoms with Crippen molar-refractivity contribution in [2.24, 2.45) is 11.3 Å². The Labute approximate surface area is 76.5 Å². The minimum absolute atomic E-state index is 0.0950. The van der Waals surface area contributed by atoms with E-state index in [1.54, 1.807) is 0 Å². The van der Waals surface area contributed by atoms with Gasteiger partial charge in [-0.3, -0.25) is 0 Å². The first kappa shape index (κ1) is 9.10. The molecular formula is C10H14F2O. The smallest absolute Gasteiger partial charge is 0.249 e. The zero-order valence-corrected chi connectivity index (χ0v) is 7.56. The standard InChI is InChI=1S/C10H14F2O/c11-10(12)5-4-9(6-10,7-13)8-2-1-3-8/h7-8H,1-6H2. The first-order valence-corrected chi connectivity index (χ1v) is 4.92. The molecule has 2 aliphatic rings. The predicted molar refractivity (Wildman–Crippen MR) is 44.6 cm³/mol. The molecule has 0 N–H and O–H groups in total. The summed E-state index contributed by atoms with van der Waals surface area (Å²) in [6.07, 6.45) is 3.94. The number of hydrogen-bond acceptors (Lipinski definition) is 1. The highest BCUT2D eigenvalue weighted by Gasteiger charge is 2.54. The number of rotatable bonds is 2. The Morgan fingerprint density at radius 1 is 1.23 bits per heavy atom. The molecule has 2 fully saturated rings. The Hall–Kier alpha value is -0.470. The maximum atomic E-state index is 13.0. The van der Waals surface area contributed by atoms with Crippen LogP contribution in [0.3, 0.4) is 0 Å². The van der Waals surface area contributed by atoms with Gasteiger partial charge in [-0.2, -0.15) is 0 Å². The van der Waals surface area contributed by atoms with Crippen LogP contribution in [0.4, 0.5) is 8.78 Å². The van der Waals surface area contributed by atoms with Gasteiger partial charge >= 0.3 is 0 Å². The summed E-state index contributed by atoms with van der Waals surface area (Å²) in [5.41, 5.74) is -0.665. The predicted octanol–water partition coefficient (Wildman–Crippen LogP) is 2.79. The second-order valence-corrected chi connectivity index (χ2v) is 4.51. The second-order valence-electron chi connectivity index (χ2n) is 4.51. The highest BCUT2D eigenvalue weighted by Crippen LogP contribution is 2.55. The number of carbonyl (C=O) groups is 1. The second kappa shape index (κ2) is 2.76. The van der Waals surface area contributed by atoms with Crippen LogP contribution in [0.5, 0.6) is 0 Å². The van der Waals surface area contributed by atoms with Gasteiger partial charge in [-0.25, -0.2) is 8.78 Å². The van der Waals surface area contributed by atoms with Crippen LogP contribution in [0.2, 0.25) is 0 Å². The van der Waals surface area contributed by atoms with Crippen molar-refractivity contribution in [1.29, 1.82) is 0 Å². The summed E-state index contributed by atoms with van der Waals surface area (Å²) < 4.78 is 26.0. The summed E-state index contributed by atoms with van der Waals surface area (Å²) in [5.74, 6) is -2.34. The maximum Gasteiger partial charge on any atom is 0.249 e. The molecule has 2 rings (SSSR count). The van der Waals surface area contributed by atoms with Crippen molar-refractivity contribution < 1.29 is 13.6 Å². The van der Waals surface area contributed by atoms with E-state index in [4.69, 9.17) is 0 Å². The van der Waals surface area contributed by atoms with E-state index in [2.05, 4.69) is 0 Å². The zero-order chi connectivity index (χ0) is 9.53. The first-order chi connectivity index (χ1) is 6.08. The van der Waals surface area contributed by atoms with Crippen molar-refractivity contribution in [3.8, 4) is 0 Å². The average Bonchev–Trinajstić information content (AvgIpc) is 2.24. The molecule has 13 heavy (non-hydrogen) atoms. The Kier molecular flexibility index (Phi) is 1.93. The number of aldehydes is 1. The first-order valence-electron chi connectivity index (χ1n) is 4.92. The number of hydrogen-bond donors (Lipinski definition) is 0. The highest BCUT2D eigenvalue weighted by atomic mass is 19.3. The van der Waals surface area contributed by atoms with E-state index < -0.39 is 11.3 Å². The fourth-order valence-electron chi connectivity index (χ4n) is 2.60. The molecule has 0 spiro atoms. The molecule has 1 atom stereocenters. The summed E-state index contributed by atoms with van der Waals surface area (Å²) in [5, 5.41) is 0. The largest absolute Gasteiger partial charge is 0.303 e. The van der Waals surface area contributed by atoms with Crippen molar-refractivity contribution in [3.05, 3.63) is 0 Å². The molecule has 0 aromatic rings. The molecule has 0 saturated heterocycles. The lowest BCUT2D eigenvalue weighted by molar-refractivity contribution is -0.123. The number of alkyl halides is 2. The number of halogens is 2. The summed E-state index contributed by atoms with van der Waals surface area (Å²) in [6, 6.07) is 0. The quantitative estimate of drug-likeness (QED) is 0.609. The van der Waals surface area contributed by atoms with E-state index in [9.17, 15) is 13.6 Å². The fourth-order valence-corrected chi connectivity index (χ4v) is 2.60. The van der Waals surface area contributed by atoms with Crippen LogP contribution in [-0.2, 0) is 4.79 Å². The molecule has 1 unspecified atom stereocenters. The van der Waals surface area contributed by atoms with Crippen LogP contribution in [-0.4, -0.2) is 12.2 Å². The van der Waals surface area contributed by atoms with Crippen molar-refractivity contribution in [3.63, 3.8) is 0 Å². The van der Waals surface area contributed by atoms with E-state index in [0.717, 1.165) is 25.5 Å². The van der Waals surface area contributed by atoms with Gasteiger partial charge in [0, 0.05) is 18.3 Å². The summed E-state index contributed by atoms with van der Waals surface area (Å²) in [4.78, 5) is 10.9.